The molecule has 1 atom stereocenters. The zero-order valence-electron chi connectivity index (χ0n) is 13.8. The van der Waals surface area contributed by atoms with Crippen LogP contribution in [0, 0.1) is 13.8 Å². The molecule has 0 aliphatic carbocycles. The molecule has 3 rings (SSSR count). The van der Waals surface area contributed by atoms with E-state index in [2.05, 4.69) is 10.4 Å². The van der Waals surface area contributed by atoms with Crippen LogP contribution in [0.5, 0.6) is 0 Å². The second kappa shape index (κ2) is 6.39. The molecule has 0 saturated carbocycles. The topological polar surface area (TPSA) is 81.1 Å². The van der Waals surface area contributed by atoms with Gasteiger partial charge in [-0.2, -0.15) is 5.10 Å². The molecule has 0 spiro atoms. The molecule has 1 aliphatic rings. The van der Waals surface area contributed by atoms with E-state index < -0.39 is 9.84 Å². The molecule has 24 heavy (non-hydrogen) atoms. The third kappa shape index (κ3) is 3.84. The first-order chi connectivity index (χ1) is 11.3. The molecule has 1 aliphatic heterocycles. The maximum Gasteiger partial charge on any atom is 0.229 e. The van der Waals surface area contributed by atoms with Crippen LogP contribution >= 0.6 is 0 Å². The molecular formula is C17H21N3O3S. The van der Waals surface area contributed by atoms with Crippen molar-refractivity contribution in [2.24, 2.45) is 0 Å². The lowest BCUT2D eigenvalue weighted by Crippen LogP contribution is -2.20. The van der Waals surface area contributed by atoms with E-state index in [4.69, 9.17) is 0 Å². The van der Waals surface area contributed by atoms with Crippen molar-refractivity contribution in [2.45, 2.75) is 32.7 Å². The molecule has 1 fully saturated rings. The molecule has 2 heterocycles. The van der Waals surface area contributed by atoms with Crippen LogP contribution in [-0.2, 0) is 21.1 Å². The minimum Gasteiger partial charge on any atom is -0.311 e. The molecule has 1 N–H and O–H groups in total. The summed E-state index contributed by atoms with van der Waals surface area (Å²) >= 11 is 0. The van der Waals surface area contributed by atoms with Crippen LogP contribution in [0.15, 0.2) is 30.3 Å². The van der Waals surface area contributed by atoms with Crippen LogP contribution in [0.3, 0.4) is 0 Å². The van der Waals surface area contributed by atoms with Gasteiger partial charge < -0.3 is 5.32 Å². The second-order valence-electron chi connectivity index (χ2n) is 6.39. The average molecular weight is 347 g/mol. The van der Waals surface area contributed by atoms with Crippen LogP contribution < -0.4 is 5.32 Å². The van der Waals surface area contributed by atoms with Gasteiger partial charge in [0.15, 0.2) is 9.84 Å². The molecule has 1 saturated heterocycles. The van der Waals surface area contributed by atoms with Gasteiger partial charge in [-0.1, -0.05) is 29.8 Å². The normalized spacial score (nSPS) is 19.3. The molecule has 7 heteroatoms. The number of hydrogen-bond donors (Lipinski definition) is 1. The smallest absolute Gasteiger partial charge is 0.229 e. The Morgan fingerprint density at radius 1 is 1.33 bits per heavy atom. The summed E-state index contributed by atoms with van der Waals surface area (Å²) in [6.07, 6.45) is 0.805. The SMILES string of the molecule is Cc1cccc(CC(=O)Nc2cc(C)nn2[C@@H]2CCS(=O)(=O)C2)c1. The molecule has 128 valence electrons. The predicted molar refractivity (Wildman–Crippen MR) is 92.8 cm³/mol. The molecule has 1 aromatic carbocycles. The Labute approximate surface area is 141 Å². The molecule has 2 aromatic rings. The lowest BCUT2D eigenvalue weighted by molar-refractivity contribution is -0.115. The van der Waals surface area contributed by atoms with Crippen LogP contribution in [-0.4, -0.2) is 35.6 Å². The first-order valence-electron chi connectivity index (χ1n) is 7.94. The summed E-state index contributed by atoms with van der Waals surface area (Å²) in [5.41, 5.74) is 2.81. The standard InChI is InChI=1S/C17H21N3O3S/c1-12-4-3-5-14(8-12)10-17(21)18-16-9-13(2)19-20(16)15-6-7-24(22,23)11-15/h3-5,8-9,15H,6-7,10-11H2,1-2H3,(H,18,21)/t15-/m1/s1. The monoisotopic (exact) mass is 347 g/mol. The lowest BCUT2D eigenvalue weighted by atomic mass is 10.1. The number of nitrogens with zero attached hydrogens (tertiary/aromatic N) is 2. The maximum absolute atomic E-state index is 12.3. The Balaban J connectivity index is 1.74. The lowest BCUT2D eigenvalue weighted by Gasteiger charge is -2.14. The van der Waals surface area contributed by atoms with Crippen molar-refractivity contribution in [1.29, 1.82) is 0 Å². The van der Waals surface area contributed by atoms with Crippen LogP contribution in [0.4, 0.5) is 5.82 Å². The summed E-state index contributed by atoms with van der Waals surface area (Å²) < 4.78 is 25.0. The third-order valence-electron chi connectivity index (χ3n) is 4.13. The zero-order chi connectivity index (χ0) is 17.3. The van der Waals surface area contributed by atoms with Gasteiger partial charge in [-0.15, -0.1) is 0 Å². The van der Waals surface area contributed by atoms with E-state index >= 15 is 0 Å². The van der Waals surface area contributed by atoms with Crippen molar-refractivity contribution in [3.8, 4) is 0 Å². The number of rotatable bonds is 4. The van der Waals surface area contributed by atoms with Gasteiger partial charge in [0.2, 0.25) is 5.91 Å². The first kappa shape index (κ1) is 16.7. The highest BCUT2D eigenvalue weighted by Gasteiger charge is 2.31. The van der Waals surface area contributed by atoms with Gasteiger partial charge in [-0.25, -0.2) is 13.1 Å². The highest BCUT2D eigenvalue weighted by atomic mass is 32.2. The number of sulfone groups is 1. The minimum absolute atomic E-state index is 0.0782. The Bertz CT molecular complexity index is 871. The molecule has 6 nitrogen and oxygen atoms in total. The largest absolute Gasteiger partial charge is 0.311 e. The van der Waals surface area contributed by atoms with Gasteiger partial charge in [0, 0.05) is 6.07 Å². The van der Waals surface area contributed by atoms with E-state index in [9.17, 15) is 13.2 Å². The number of hydrogen-bond acceptors (Lipinski definition) is 4. The van der Waals surface area contributed by atoms with Crippen LogP contribution in [0.1, 0.15) is 29.3 Å². The van der Waals surface area contributed by atoms with Gasteiger partial charge in [-0.3, -0.25) is 4.79 Å². The van der Waals surface area contributed by atoms with E-state index in [1.165, 1.54) is 0 Å². The third-order valence-corrected chi connectivity index (χ3v) is 5.88. The van der Waals surface area contributed by atoms with Crippen molar-refractivity contribution >= 4 is 21.6 Å². The highest BCUT2D eigenvalue weighted by Crippen LogP contribution is 2.27. The highest BCUT2D eigenvalue weighted by molar-refractivity contribution is 7.91. The fourth-order valence-electron chi connectivity index (χ4n) is 3.05. The molecule has 0 unspecified atom stereocenters. The van der Waals surface area contributed by atoms with Gasteiger partial charge in [-0.05, 0) is 25.8 Å². The minimum atomic E-state index is -3.01. The number of aryl methyl sites for hydroxylation is 2. The van der Waals surface area contributed by atoms with E-state index in [1.54, 1.807) is 10.7 Å². The van der Waals surface area contributed by atoms with Crippen molar-refractivity contribution in [3.05, 3.63) is 47.2 Å². The number of anilines is 1. The van der Waals surface area contributed by atoms with Crippen LogP contribution in [0.25, 0.3) is 0 Å². The van der Waals surface area contributed by atoms with Gasteiger partial charge in [0.1, 0.15) is 5.82 Å². The Hall–Kier alpha value is -2.15. The fraction of sp³-hybridized carbons (Fsp3) is 0.412. The van der Waals surface area contributed by atoms with Crippen molar-refractivity contribution in [1.82, 2.24) is 9.78 Å². The van der Waals surface area contributed by atoms with E-state index in [0.29, 0.717) is 12.2 Å². The van der Waals surface area contributed by atoms with Crippen molar-refractivity contribution in [2.75, 3.05) is 16.8 Å². The Morgan fingerprint density at radius 2 is 2.12 bits per heavy atom. The number of amides is 1. The van der Waals surface area contributed by atoms with E-state index in [0.717, 1.165) is 16.8 Å². The Morgan fingerprint density at radius 3 is 2.79 bits per heavy atom. The molecular weight excluding hydrogens is 326 g/mol. The quantitative estimate of drug-likeness (QED) is 0.918. The van der Waals surface area contributed by atoms with Crippen molar-refractivity contribution < 1.29 is 13.2 Å². The molecule has 0 bridgehead atoms. The van der Waals surface area contributed by atoms with E-state index in [-0.39, 0.29) is 29.9 Å². The van der Waals surface area contributed by atoms with Gasteiger partial charge >= 0.3 is 0 Å². The summed E-state index contributed by atoms with van der Waals surface area (Å²) in [5.74, 6) is 0.678. The zero-order valence-corrected chi connectivity index (χ0v) is 14.6. The summed E-state index contributed by atoms with van der Waals surface area (Å²) in [6, 6.07) is 9.37. The number of benzene rings is 1. The fourth-order valence-corrected chi connectivity index (χ4v) is 4.74. The maximum atomic E-state index is 12.3. The summed E-state index contributed by atoms with van der Waals surface area (Å²) in [7, 11) is -3.01. The molecule has 0 radical (unpaired) electrons. The van der Waals surface area contributed by atoms with Gasteiger partial charge in [0.25, 0.3) is 0 Å². The summed E-state index contributed by atoms with van der Waals surface area (Å²) in [6.45, 7) is 3.82. The van der Waals surface area contributed by atoms with Crippen molar-refractivity contribution in [3.63, 3.8) is 0 Å². The van der Waals surface area contributed by atoms with E-state index in [1.807, 2.05) is 38.1 Å². The Kier molecular flexibility index (Phi) is 4.45. The summed E-state index contributed by atoms with van der Waals surface area (Å²) in [4.78, 5) is 12.3. The number of carbonyl (C=O) groups is 1. The van der Waals surface area contributed by atoms with Gasteiger partial charge in [0.05, 0.1) is 29.7 Å². The number of aromatic nitrogens is 2. The molecule has 1 amide bonds. The average Bonchev–Trinajstić information content (AvgIpc) is 3.01. The second-order valence-corrected chi connectivity index (χ2v) is 8.62. The first-order valence-corrected chi connectivity index (χ1v) is 9.76. The number of nitrogens with one attached hydrogen (secondary N) is 1. The number of carbonyl (C=O) groups excluding carboxylic acids is 1. The van der Waals surface area contributed by atoms with Crippen LogP contribution in [0.2, 0.25) is 0 Å². The summed E-state index contributed by atoms with van der Waals surface area (Å²) in [5, 5.41) is 7.24. The predicted octanol–water partition coefficient (Wildman–Crippen LogP) is 2.04. The molecule has 1 aromatic heterocycles.